The van der Waals surface area contributed by atoms with Gasteiger partial charge < -0.3 is 5.21 Å². The molecule has 0 saturated carbocycles. The predicted octanol–water partition coefficient (Wildman–Crippen LogP) is 7.44. The lowest BCUT2D eigenvalue weighted by Gasteiger charge is -2.39. The number of hydroxylamine groups is 2. The van der Waals surface area contributed by atoms with E-state index in [-0.39, 0.29) is 11.8 Å². The molecule has 0 bridgehead atoms. The van der Waals surface area contributed by atoms with E-state index in [1.54, 1.807) is 7.05 Å². The molecule has 1 N–H and O–H groups in total. The summed E-state index contributed by atoms with van der Waals surface area (Å²) in [5.41, 5.74) is 0. The Bertz CT molecular complexity index is 690. The van der Waals surface area contributed by atoms with Crippen molar-refractivity contribution < 1.29 is 13.2 Å². The molecule has 6 nitrogen and oxygen atoms in total. The summed E-state index contributed by atoms with van der Waals surface area (Å²) in [6.45, 7) is 3.49. The molecular weight excluding hydrogens is 475 g/mol. The van der Waals surface area contributed by atoms with Crippen LogP contribution in [0.3, 0.4) is 0 Å². The van der Waals surface area contributed by atoms with Gasteiger partial charge >= 0.3 is 11.3 Å². The topological polar surface area (TPSA) is 64.1 Å². The highest BCUT2D eigenvalue weighted by Crippen LogP contribution is 2.38. The Hall–Kier alpha value is -0.810. The van der Waals surface area contributed by atoms with Crippen LogP contribution < -0.4 is 9.96 Å². The van der Waals surface area contributed by atoms with Gasteiger partial charge in [0, 0.05) is 6.54 Å². The molecule has 35 heavy (non-hydrogen) atoms. The number of hydrogen-bond acceptors (Lipinski definition) is 6. The number of alkyl halides is 3. The van der Waals surface area contributed by atoms with Crippen LogP contribution in [0.4, 0.5) is 18.3 Å². The first-order valence-corrected chi connectivity index (χ1v) is 14.5. The van der Waals surface area contributed by atoms with Gasteiger partial charge in [0.1, 0.15) is 6.67 Å². The van der Waals surface area contributed by atoms with Gasteiger partial charge in [-0.25, -0.2) is 0 Å². The minimum atomic E-state index is -4.57. The molecular formula is C25H46F3N5OS. The van der Waals surface area contributed by atoms with Crippen molar-refractivity contribution in [2.75, 3.05) is 26.8 Å². The molecule has 0 amide bonds. The largest absolute Gasteiger partial charge is 0.623 e. The third kappa shape index (κ3) is 11.0. The number of aromatic nitrogens is 2. The average Bonchev–Trinajstić information content (AvgIpc) is 3.42. The van der Waals surface area contributed by atoms with E-state index in [9.17, 15) is 18.4 Å². The van der Waals surface area contributed by atoms with Crippen LogP contribution in [0.2, 0.25) is 0 Å². The van der Waals surface area contributed by atoms with Gasteiger partial charge in [-0.3, -0.25) is 14.9 Å². The average molecular weight is 522 g/mol. The summed E-state index contributed by atoms with van der Waals surface area (Å²) in [5.74, 6) is 0. The van der Waals surface area contributed by atoms with E-state index < -0.39 is 22.0 Å². The molecule has 1 aromatic rings. The van der Waals surface area contributed by atoms with Gasteiger partial charge in [0.25, 0.3) is 0 Å². The van der Waals surface area contributed by atoms with Crippen molar-refractivity contribution in [1.29, 1.82) is 0 Å². The number of hydrogen-bond donors (Lipinski definition) is 1. The maximum absolute atomic E-state index is 13.4. The highest BCUT2D eigenvalue weighted by Gasteiger charge is 2.45. The SMILES string of the molecule is CCCCCCCCCCCCCCCCCCNC1CN(C)C[N+]1([O-])c1nnc(C(F)(F)F)s1. The summed E-state index contributed by atoms with van der Waals surface area (Å²) >= 11 is 0.353. The number of likely N-dealkylation sites (N-methyl/N-ethyl adjacent to an activating group) is 1. The Morgan fingerprint density at radius 1 is 0.886 bits per heavy atom. The van der Waals surface area contributed by atoms with Gasteiger partial charge in [0.05, 0.1) is 6.54 Å². The minimum absolute atomic E-state index is 0.0725. The van der Waals surface area contributed by atoms with Crippen molar-refractivity contribution in [2.45, 2.75) is 122 Å². The van der Waals surface area contributed by atoms with Gasteiger partial charge in [-0.1, -0.05) is 108 Å². The molecule has 2 atom stereocenters. The number of unbranched alkanes of at least 4 members (excludes halogenated alkanes) is 15. The second-order valence-corrected chi connectivity index (χ2v) is 11.1. The standard InChI is InChI=1S/C25H46F3N5OS/c1-3-4-5-6-7-8-9-10-11-12-13-14-15-16-17-18-19-29-22-20-32(2)21-33(22,34)24-31-30-23(35-24)25(26,27)28/h22,29H,3-21H2,1-2H3. The number of nitrogens with one attached hydrogen (secondary N) is 1. The van der Waals surface area contributed by atoms with Crippen LogP contribution in [0.1, 0.15) is 115 Å². The first kappa shape index (κ1) is 30.4. The lowest BCUT2D eigenvalue weighted by atomic mass is 10.0. The normalized spacial score (nSPS) is 21.3. The molecule has 0 aromatic carbocycles. The number of rotatable bonds is 19. The third-order valence-electron chi connectivity index (χ3n) is 6.83. The van der Waals surface area contributed by atoms with Crippen LogP contribution in [-0.2, 0) is 6.18 Å². The summed E-state index contributed by atoms with van der Waals surface area (Å²) < 4.78 is 37.7. The van der Waals surface area contributed by atoms with Crippen molar-refractivity contribution in [3.05, 3.63) is 10.2 Å². The second kappa shape index (κ2) is 16.1. The molecule has 0 aliphatic carbocycles. The molecule has 1 fully saturated rings. The van der Waals surface area contributed by atoms with Gasteiger partial charge in [0.2, 0.25) is 5.01 Å². The minimum Gasteiger partial charge on any atom is -0.623 e. The maximum atomic E-state index is 13.4. The van der Waals surface area contributed by atoms with Crippen molar-refractivity contribution in [2.24, 2.45) is 0 Å². The third-order valence-corrected chi connectivity index (χ3v) is 7.91. The monoisotopic (exact) mass is 521 g/mol. The van der Waals surface area contributed by atoms with E-state index in [4.69, 9.17) is 0 Å². The summed E-state index contributed by atoms with van der Waals surface area (Å²) in [6, 6.07) is 0. The Morgan fingerprint density at radius 3 is 1.83 bits per heavy atom. The van der Waals surface area contributed by atoms with E-state index in [0.29, 0.717) is 24.4 Å². The van der Waals surface area contributed by atoms with Crippen LogP contribution in [0, 0.1) is 5.21 Å². The second-order valence-electron chi connectivity index (χ2n) is 10.1. The molecule has 2 unspecified atom stereocenters. The fourth-order valence-corrected chi connectivity index (χ4v) is 5.56. The predicted molar refractivity (Wildman–Crippen MR) is 139 cm³/mol. The fourth-order valence-electron chi connectivity index (χ4n) is 4.77. The molecule has 1 aromatic heterocycles. The lowest BCUT2D eigenvalue weighted by Crippen LogP contribution is -2.56. The Kier molecular flexibility index (Phi) is 14.0. The van der Waals surface area contributed by atoms with Gasteiger partial charge in [-0.2, -0.15) is 13.2 Å². The summed E-state index contributed by atoms with van der Waals surface area (Å²) in [7, 11) is 1.80. The lowest BCUT2D eigenvalue weighted by molar-refractivity contribution is -0.138. The quantitative estimate of drug-likeness (QED) is 0.116. The van der Waals surface area contributed by atoms with Crippen molar-refractivity contribution >= 4 is 16.5 Å². The van der Waals surface area contributed by atoms with E-state index in [2.05, 4.69) is 22.4 Å². The van der Waals surface area contributed by atoms with Gasteiger partial charge in [-0.15, -0.1) is 5.10 Å². The number of halogens is 3. The van der Waals surface area contributed by atoms with Gasteiger partial charge in [-0.05, 0) is 24.8 Å². The molecule has 0 spiro atoms. The molecule has 1 aliphatic rings. The van der Waals surface area contributed by atoms with E-state index in [0.717, 1.165) is 12.8 Å². The molecule has 2 heterocycles. The van der Waals surface area contributed by atoms with Crippen LogP contribution in [0.15, 0.2) is 0 Å². The van der Waals surface area contributed by atoms with Crippen molar-refractivity contribution in [3.63, 3.8) is 0 Å². The van der Waals surface area contributed by atoms with Crippen LogP contribution in [0.25, 0.3) is 0 Å². The van der Waals surface area contributed by atoms with E-state index in [1.165, 1.54) is 89.9 Å². The highest BCUT2D eigenvalue weighted by molar-refractivity contribution is 7.15. The zero-order chi connectivity index (χ0) is 25.6. The highest BCUT2D eigenvalue weighted by atomic mass is 32.1. The fraction of sp³-hybridized carbons (Fsp3) is 0.920. The van der Waals surface area contributed by atoms with Crippen LogP contribution >= 0.6 is 11.3 Å². The summed E-state index contributed by atoms with van der Waals surface area (Å²) in [6.07, 6.45) is 15.8. The van der Waals surface area contributed by atoms with E-state index >= 15 is 0 Å². The Labute approximate surface area is 213 Å². The zero-order valence-corrected chi connectivity index (χ0v) is 22.6. The molecule has 204 valence electrons. The molecule has 0 radical (unpaired) electrons. The molecule has 10 heteroatoms. The Morgan fingerprint density at radius 2 is 1.37 bits per heavy atom. The first-order valence-electron chi connectivity index (χ1n) is 13.7. The molecule has 1 saturated heterocycles. The number of quaternary nitrogens is 1. The van der Waals surface area contributed by atoms with Crippen molar-refractivity contribution in [3.8, 4) is 0 Å². The first-order chi connectivity index (χ1) is 16.8. The maximum Gasteiger partial charge on any atom is 0.445 e. The van der Waals surface area contributed by atoms with E-state index in [1.807, 2.05) is 4.90 Å². The van der Waals surface area contributed by atoms with Crippen LogP contribution in [-0.4, -0.2) is 48.1 Å². The zero-order valence-electron chi connectivity index (χ0n) is 21.8. The number of nitrogens with zero attached hydrogens (tertiary/aromatic N) is 4. The summed E-state index contributed by atoms with van der Waals surface area (Å²) in [5, 5.41) is 22.2. The van der Waals surface area contributed by atoms with Crippen molar-refractivity contribution in [1.82, 2.24) is 25.1 Å². The molecule has 2 rings (SSSR count). The van der Waals surface area contributed by atoms with Crippen LogP contribution in [0.5, 0.6) is 0 Å². The summed E-state index contributed by atoms with van der Waals surface area (Å²) in [4.78, 5) is 1.83. The smallest absolute Gasteiger partial charge is 0.445 e. The Balaban J connectivity index is 1.49. The van der Waals surface area contributed by atoms with Gasteiger partial charge in [0.15, 0.2) is 6.17 Å². The molecule has 1 aliphatic heterocycles.